The number of ether oxygens (including phenoxy) is 1. The van der Waals surface area contributed by atoms with Crippen LogP contribution in [0.15, 0.2) is 12.2 Å². The van der Waals surface area contributed by atoms with Crippen LogP contribution in [0.25, 0.3) is 0 Å². The lowest BCUT2D eigenvalue weighted by Gasteiger charge is -2.01. The Kier molecular flexibility index (Phi) is 7.48. The number of hydrogen-bond donors (Lipinski definition) is 1. The first-order chi connectivity index (χ1) is 6.68. The molecule has 0 saturated heterocycles. The van der Waals surface area contributed by atoms with Gasteiger partial charge in [0.25, 0.3) is 0 Å². The molecule has 4 nitrogen and oxygen atoms in total. The predicted octanol–water partition coefficient (Wildman–Crippen LogP) is 1.73. The Morgan fingerprint density at radius 2 is 2.14 bits per heavy atom. The second-order valence-electron chi connectivity index (χ2n) is 2.89. The molecule has 0 aliphatic carbocycles. The fourth-order valence-corrected chi connectivity index (χ4v) is 0.869. The minimum absolute atomic E-state index is 0.238. The van der Waals surface area contributed by atoms with Crippen LogP contribution >= 0.6 is 0 Å². The molecule has 0 unspecified atom stereocenters. The number of nitrogens with zero attached hydrogens (tertiary/aromatic N) is 1. The molecule has 0 heterocycles. The molecule has 0 aromatic heterocycles. The van der Waals surface area contributed by atoms with E-state index in [1.807, 2.05) is 6.07 Å². The molecule has 0 aliphatic heterocycles. The summed E-state index contributed by atoms with van der Waals surface area (Å²) in [5.74, 6) is -0.935. The molecule has 0 rings (SSSR count). The quantitative estimate of drug-likeness (QED) is 0.475. The second-order valence-corrected chi connectivity index (χ2v) is 2.89. The molecule has 0 fully saturated rings. The molecular formula is C10H15NO3. The number of carboxylic acid groups (broad SMARTS) is 1. The molecule has 0 spiro atoms. The number of rotatable bonds is 8. The average Bonchev–Trinajstić information content (AvgIpc) is 2.16. The second kappa shape index (κ2) is 8.27. The lowest BCUT2D eigenvalue weighted by Crippen LogP contribution is -2.00. The summed E-state index contributed by atoms with van der Waals surface area (Å²) in [6.45, 7) is 4.45. The van der Waals surface area contributed by atoms with Crippen LogP contribution in [0.4, 0.5) is 0 Å². The minimum atomic E-state index is -0.935. The van der Waals surface area contributed by atoms with E-state index in [9.17, 15) is 4.79 Å². The van der Waals surface area contributed by atoms with Crippen LogP contribution < -0.4 is 0 Å². The van der Waals surface area contributed by atoms with Crippen molar-refractivity contribution in [2.75, 3.05) is 13.2 Å². The maximum Gasteiger partial charge on any atom is 0.330 e. The van der Waals surface area contributed by atoms with Gasteiger partial charge in [-0.25, -0.2) is 4.79 Å². The van der Waals surface area contributed by atoms with E-state index in [-0.39, 0.29) is 5.57 Å². The molecule has 4 heteroatoms. The Balaban J connectivity index is 3.18. The number of nitriles is 1. The lowest BCUT2D eigenvalue weighted by atomic mass is 10.1. The van der Waals surface area contributed by atoms with Crippen LogP contribution in [0, 0.1) is 11.3 Å². The highest BCUT2D eigenvalue weighted by Crippen LogP contribution is 2.05. The Bertz CT molecular complexity index is 230. The maximum absolute atomic E-state index is 10.3. The van der Waals surface area contributed by atoms with Gasteiger partial charge in [0.15, 0.2) is 0 Å². The zero-order valence-corrected chi connectivity index (χ0v) is 8.16. The summed E-state index contributed by atoms with van der Waals surface area (Å²) in [7, 11) is 0. The van der Waals surface area contributed by atoms with Gasteiger partial charge in [0.1, 0.15) is 0 Å². The molecule has 0 bridgehead atoms. The van der Waals surface area contributed by atoms with E-state index in [2.05, 4.69) is 6.58 Å². The Hall–Kier alpha value is -1.34. The molecule has 78 valence electrons. The average molecular weight is 197 g/mol. The summed E-state index contributed by atoms with van der Waals surface area (Å²) in [5, 5.41) is 16.7. The molecule has 0 aromatic carbocycles. The van der Waals surface area contributed by atoms with Gasteiger partial charge < -0.3 is 9.84 Å². The van der Waals surface area contributed by atoms with Gasteiger partial charge in [0.05, 0.1) is 19.1 Å². The molecule has 0 saturated carbocycles. The number of carbonyl (C=O) groups is 1. The van der Waals surface area contributed by atoms with Crippen molar-refractivity contribution in [3.8, 4) is 6.07 Å². The van der Waals surface area contributed by atoms with Gasteiger partial charge in [-0.2, -0.15) is 5.26 Å². The highest BCUT2D eigenvalue weighted by molar-refractivity contribution is 5.85. The van der Waals surface area contributed by atoms with Crippen LogP contribution in [0.5, 0.6) is 0 Å². The highest BCUT2D eigenvalue weighted by Gasteiger charge is 2.02. The summed E-state index contributed by atoms with van der Waals surface area (Å²) in [4.78, 5) is 10.3. The SMILES string of the molecule is C=C(CCCCOCCC#N)C(=O)O. The van der Waals surface area contributed by atoms with Gasteiger partial charge in [0.2, 0.25) is 0 Å². The van der Waals surface area contributed by atoms with Crippen LogP contribution in [-0.2, 0) is 9.53 Å². The van der Waals surface area contributed by atoms with Crippen molar-refractivity contribution < 1.29 is 14.6 Å². The Labute approximate surface area is 83.8 Å². The van der Waals surface area contributed by atoms with Gasteiger partial charge >= 0.3 is 5.97 Å². The minimum Gasteiger partial charge on any atom is -0.478 e. The molecule has 1 N–H and O–H groups in total. The predicted molar refractivity (Wildman–Crippen MR) is 51.7 cm³/mol. The van der Waals surface area contributed by atoms with Crippen molar-refractivity contribution in [2.45, 2.75) is 25.7 Å². The van der Waals surface area contributed by atoms with Crippen LogP contribution in [-0.4, -0.2) is 24.3 Å². The highest BCUT2D eigenvalue weighted by atomic mass is 16.5. The monoisotopic (exact) mass is 197 g/mol. The van der Waals surface area contributed by atoms with E-state index in [4.69, 9.17) is 15.1 Å². The van der Waals surface area contributed by atoms with E-state index in [0.29, 0.717) is 26.1 Å². The van der Waals surface area contributed by atoms with Crippen LogP contribution in [0.1, 0.15) is 25.7 Å². The molecule has 0 atom stereocenters. The van der Waals surface area contributed by atoms with Gasteiger partial charge in [-0.15, -0.1) is 0 Å². The maximum atomic E-state index is 10.3. The summed E-state index contributed by atoms with van der Waals surface area (Å²) in [6.07, 6.45) is 2.47. The third-order valence-corrected chi connectivity index (χ3v) is 1.68. The number of hydrogen-bond acceptors (Lipinski definition) is 3. The standard InChI is InChI=1S/C10H15NO3/c1-9(10(12)13)5-2-3-7-14-8-4-6-11/h1-5,7-8H2,(H,12,13). The fourth-order valence-electron chi connectivity index (χ4n) is 0.869. The van der Waals surface area contributed by atoms with Crippen molar-refractivity contribution in [1.82, 2.24) is 0 Å². The van der Waals surface area contributed by atoms with Gasteiger partial charge in [-0.1, -0.05) is 6.58 Å². The summed E-state index contributed by atoms with van der Waals surface area (Å²) >= 11 is 0. The zero-order valence-electron chi connectivity index (χ0n) is 8.16. The molecule has 0 aliphatic rings. The van der Waals surface area contributed by atoms with Crippen LogP contribution in [0.3, 0.4) is 0 Å². The van der Waals surface area contributed by atoms with E-state index in [1.54, 1.807) is 0 Å². The molecule has 0 aromatic rings. The largest absolute Gasteiger partial charge is 0.478 e. The van der Waals surface area contributed by atoms with E-state index < -0.39 is 5.97 Å². The molecule has 0 amide bonds. The molecule has 14 heavy (non-hydrogen) atoms. The Morgan fingerprint density at radius 1 is 1.43 bits per heavy atom. The van der Waals surface area contributed by atoms with Crippen molar-refractivity contribution >= 4 is 5.97 Å². The zero-order chi connectivity index (χ0) is 10.8. The normalized spacial score (nSPS) is 9.36. The third kappa shape index (κ3) is 7.32. The van der Waals surface area contributed by atoms with Crippen molar-refractivity contribution in [3.63, 3.8) is 0 Å². The van der Waals surface area contributed by atoms with Gasteiger partial charge in [-0.3, -0.25) is 0 Å². The molecule has 0 radical (unpaired) electrons. The Morgan fingerprint density at radius 3 is 2.71 bits per heavy atom. The van der Waals surface area contributed by atoms with E-state index >= 15 is 0 Å². The summed E-state index contributed by atoms with van der Waals surface area (Å²) in [5.41, 5.74) is 0.238. The smallest absolute Gasteiger partial charge is 0.330 e. The molecular weight excluding hydrogens is 182 g/mol. The van der Waals surface area contributed by atoms with Crippen molar-refractivity contribution in [3.05, 3.63) is 12.2 Å². The summed E-state index contributed by atoms with van der Waals surface area (Å²) in [6, 6.07) is 1.97. The number of carboxylic acids is 1. The number of unbranched alkanes of at least 4 members (excludes halogenated alkanes) is 1. The van der Waals surface area contributed by atoms with Gasteiger partial charge in [-0.05, 0) is 19.3 Å². The third-order valence-electron chi connectivity index (χ3n) is 1.68. The topological polar surface area (TPSA) is 70.3 Å². The first-order valence-electron chi connectivity index (χ1n) is 4.54. The van der Waals surface area contributed by atoms with E-state index in [0.717, 1.165) is 12.8 Å². The number of aliphatic carboxylic acids is 1. The fraction of sp³-hybridized carbons (Fsp3) is 0.600. The van der Waals surface area contributed by atoms with Gasteiger partial charge in [0, 0.05) is 12.2 Å². The van der Waals surface area contributed by atoms with Crippen molar-refractivity contribution in [1.29, 1.82) is 5.26 Å². The van der Waals surface area contributed by atoms with Crippen LogP contribution in [0.2, 0.25) is 0 Å². The summed E-state index contributed by atoms with van der Waals surface area (Å²) < 4.78 is 5.12. The first-order valence-corrected chi connectivity index (χ1v) is 4.54. The van der Waals surface area contributed by atoms with Crippen molar-refractivity contribution in [2.24, 2.45) is 0 Å². The van der Waals surface area contributed by atoms with E-state index in [1.165, 1.54) is 0 Å². The first kappa shape index (κ1) is 12.7. The lowest BCUT2D eigenvalue weighted by molar-refractivity contribution is -0.132.